The van der Waals surface area contributed by atoms with Gasteiger partial charge in [0.15, 0.2) is 5.69 Å². The number of aromatic amines is 1. The van der Waals surface area contributed by atoms with Crippen LogP contribution in [0.4, 0.5) is 29.3 Å². The minimum Gasteiger partial charge on any atom is -0.420 e. The lowest BCUT2D eigenvalue weighted by Gasteiger charge is -2.29. The number of ketones is 1. The number of fused-ring (bicyclic) bond motifs is 1. The van der Waals surface area contributed by atoms with Gasteiger partial charge in [-0.25, -0.2) is 4.39 Å². The van der Waals surface area contributed by atoms with E-state index >= 15 is 0 Å². The van der Waals surface area contributed by atoms with E-state index in [9.17, 15) is 27.2 Å². The van der Waals surface area contributed by atoms with E-state index in [0.29, 0.717) is 24.6 Å². The highest BCUT2D eigenvalue weighted by molar-refractivity contribution is 5.99. The number of oxazole rings is 1. The minimum atomic E-state index is -4.75. The smallest absolute Gasteiger partial charge is 0.420 e. The number of hydrogen-bond acceptors (Lipinski definition) is 5. The van der Waals surface area contributed by atoms with Crippen molar-refractivity contribution < 1.29 is 31.6 Å². The number of Topliss-reactive ketones (excluding diaryl/α,β-unsaturated/α-hetero) is 1. The molecule has 1 unspecified atom stereocenters. The van der Waals surface area contributed by atoms with Gasteiger partial charge in [0.2, 0.25) is 17.5 Å². The molecule has 2 aromatic carbocycles. The number of anilines is 2. The summed E-state index contributed by atoms with van der Waals surface area (Å²) in [5.74, 6) is -1.98. The second-order valence-corrected chi connectivity index (χ2v) is 9.54. The van der Waals surface area contributed by atoms with Crippen molar-refractivity contribution in [3.05, 3.63) is 90.2 Å². The molecule has 1 aliphatic heterocycles. The summed E-state index contributed by atoms with van der Waals surface area (Å²) in [7, 11) is 0. The number of nitrogens with zero attached hydrogens (tertiary/aromatic N) is 2. The lowest BCUT2D eigenvalue weighted by atomic mass is 10.0. The van der Waals surface area contributed by atoms with Crippen molar-refractivity contribution in [2.75, 3.05) is 23.3 Å². The first-order chi connectivity index (χ1) is 19.0. The summed E-state index contributed by atoms with van der Waals surface area (Å²) in [5.41, 5.74) is 0.443. The summed E-state index contributed by atoms with van der Waals surface area (Å²) in [5, 5.41) is 3.22. The highest BCUT2D eigenvalue weighted by atomic mass is 19.4. The lowest BCUT2D eigenvalue weighted by molar-refractivity contribution is -0.141. The number of amides is 1. The highest BCUT2D eigenvalue weighted by Crippen LogP contribution is 2.35. The van der Waals surface area contributed by atoms with Gasteiger partial charge >= 0.3 is 6.18 Å². The molecule has 210 valence electrons. The fraction of sp³-hybridized carbons (Fsp3) is 0.276. The average Bonchev–Trinajstić information content (AvgIpc) is 3.58. The molecule has 11 heteroatoms. The maximum Gasteiger partial charge on any atom is 0.437 e. The number of nitrogens with one attached hydrogen (secondary N) is 2. The van der Waals surface area contributed by atoms with Crippen LogP contribution >= 0.6 is 0 Å². The van der Waals surface area contributed by atoms with Crippen LogP contribution in [0.1, 0.15) is 41.6 Å². The normalized spacial score (nSPS) is 15.3. The number of rotatable bonds is 6. The van der Waals surface area contributed by atoms with E-state index in [1.165, 1.54) is 12.1 Å². The first-order valence-electron chi connectivity index (χ1n) is 12.6. The number of halogens is 4. The molecule has 1 aliphatic rings. The quantitative estimate of drug-likeness (QED) is 0.155. The van der Waals surface area contributed by atoms with Gasteiger partial charge in [-0.15, -0.1) is 0 Å². The van der Waals surface area contributed by atoms with Gasteiger partial charge in [-0.1, -0.05) is 31.7 Å². The van der Waals surface area contributed by atoms with Crippen LogP contribution in [0.2, 0.25) is 0 Å². The van der Waals surface area contributed by atoms with E-state index in [4.69, 9.17) is 4.42 Å². The Bertz CT molecular complexity index is 1510. The Morgan fingerprint density at radius 2 is 2.00 bits per heavy atom. The van der Waals surface area contributed by atoms with Gasteiger partial charge in [0.05, 0.1) is 5.69 Å². The van der Waals surface area contributed by atoms with Gasteiger partial charge in [-0.3, -0.25) is 9.59 Å². The van der Waals surface area contributed by atoms with Crippen molar-refractivity contribution in [1.29, 1.82) is 0 Å². The Hall–Kier alpha value is -4.41. The van der Waals surface area contributed by atoms with Crippen LogP contribution in [0.15, 0.2) is 71.8 Å². The number of carbonyl (C=O) groups excluding carboxylic acids is 2. The standard InChI is InChI=1S/C20H20F3N3O2.C9H8FNO/c1-12-3-2-8-26(11-12)19-25-18(20(21,22)23)17(28-19)16(27)10-13-4-5-15-14(9-13)6-7-24-15;1-2-9(12)11-8-6-4-3-5-7(8)10/h4-7,9,12,24H,2-3,8,10-11H2,1H3;2-6H,1H2,(H,11,12). The third-order valence-electron chi connectivity index (χ3n) is 6.36. The van der Waals surface area contributed by atoms with E-state index in [1.807, 2.05) is 13.0 Å². The SMILES string of the molecule is C=CC(=O)Nc1ccccc1F.CC1CCCN(c2nc(C(F)(F)F)c(C(=O)Cc3ccc4[nH]ccc4c3)o2)C1. The molecule has 1 atom stereocenters. The molecule has 3 heterocycles. The molecule has 0 spiro atoms. The van der Waals surface area contributed by atoms with E-state index in [0.717, 1.165) is 29.8 Å². The Labute approximate surface area is 227 Å². The number of aromatic nitrogens is 2. The van der Waals surface area contributed by atoms with Gasteiger partial charge in [0.25, 0.3) is 6.01 Å². The molecule has 2 aromatic heterocycles. The molecule has 0 bridgehead atoms. The fourth-order valence-corrected chi connectivity index (χ4v) is 4.41. The zero-order chi connectivity index (χ0) is 28.9. The second-order valence-electron chi connectivity index (χ2n) is 9.54. The van der Waals surface area contributed by atoms with E-state index in [1.54, 1.807) is 41.4 Å². The molecule has 4 aromatic rings. The summed E-state index contributed by atoms with van der Waals surface area (Å²) in [6.45, 7) is 6.42. The number of piperidine rings is 1. The van der Waals surface area contributed by atoms with Crippen LogP contribution in [0.5, 0.6) is 0 Å². The van der Waals surface area contributed by atoms with Crippen LogP contribution in [0, 0.1) is 11.7 Å². The molecule has 1 amide bonds. The molecule has 7 nitrogen and oxygen atoms in total. The number of benzene rings is 2. The molecule has 0 saturated carbocycles. The second kappa shape index (κ2) is 12.2. The maximum absolute atomic E-state index is 13.5. The van der Waals surface area contributed by atoms with Gasteiger partial charge in [0, 0.05) is 31.2 Å². The average molecular weight is 557 g/mol. The Morgan fingerprint density at radius 3 is 2.70 bits per heavy atom. The molecule has 40 heavy (non-hydrogen) atoms. The first-order valence-corrected chi connectivity index (χ1v) is 12.6. The van der Waals surface area contributed by atoms with Gasteiger partial charge < -0.3 is 19.6 Å². The predicted octanol–water partition coefficient (Wildman–Crippen LogP) is 6.79. The van der Waals surface area contributed by atoms with Crippen LogP contribution in [0.3, 0.4) is 0 Å². The van der Waals surface area contributed by atoms with E-state index < -0.39 is 35.1 Å². The Kier molecular flexibility index (Phi) is 8.71. The number of H-pyrrole nitrogens is 1. The van der Waals surface area contributed by atoms with Crippen molar-refractivity contribution in [2.24, 2.45) is 5.92 Å². The Morgan fingerprint density at radius 1 is 1.23 bits per heavy atom. The number of carbonyl (C=O) groups is 2. The monoisotopic (exact) mass is 556 g/mol. The summed E-state index contributed by atoms with van der Waals surface area (Å²) in [6, 6.07) is 13.0. The molecular weight excluding hydrogens is 528 g/mol. The van der Waals surface area contributed by atoms with Crippen molar-refractivity contribution in [3.63, 3.8) is 0 Å². The Balaban J connectivity index is 0.000000259. The van der Waals surface area contributed by atoms with Crippen LogP contribution in [-0.2, 0) is 17.4 Å². The third kappa shape index (κ3) is 6.96. The summed E-state index contributed by atoms with van der Waals surface area (Å²) < 4.78 is 58.6. The number of hydrogen-bond donors (Lipinski definition) is 2. The summed E-state index contributed by atoms with van der Waals surface area (Å²) in [4.78, 5) is 31.8. The third-order valence-corrected chi connectivity index (χ3v) is 6.36. The molecular formula is C29H28F4N4O3. The largest absolute Gasteiger partial charge is 0.437 e. The molecule has 0 radical (unpaired) electrons. The van der Waals surface area contributed by atoms with Crippen LogP contribution < -0.4 is 10.2 Å². The molecule has 5 rings (SSSR count). The minimum absolute atomic E-state index is 0.122. The van der Waals surface area contributed by atoms with Crippen LogP contribution in [-0.4, -0.2) is 34.7 Å². The van der Waals surface area contributed by atoms with Crippen LogP contribution in [0.25, 0.3) is 10.9 Å². The van der Waals surface area contributed by atoms with E-state index in [2.05, 4.69) is 21.9 Å². The fourth-order valence-electron chi connectivity index (χ4n) is 4.41. The zero-order valence-corrected chi connectivity index (χ0v) is 21.7. The predicted molar refractivity (Wildman–Crippen MR) is 144 cm³/mol. The van der Waals surface area contributed by atoms with E-state index in [-0.39, 0.29) is 18.1 Å². The van der Waals surface area contributed by atoms with Gasteiger partial charge in [-0.05, 0) is 66.1 Å². The molecule has 2 N–H and O–H groups in total. The zero-order valence-electron chi connectivity index (χ0n) is 21.7. The lowest BCUT2D eigenvalue weighted by Crippen LogP contribution is -2.34. The van der Waals surface area contributed by atoms with Crippen molar-refractivity contribution >= 4 is 34.3 Å². The molecule has 0 aliphatic carbocycles. The van der Waals surface area contributed by atoms with Crippen molar-refractivity contribution in [1.82, 2.24) is 9.97 Å². The van der Waals surface area contributed by atoms with Gasteiger partial charge in [0.1, 0.15) is 5.82 Å². The maximum atomic E-state index is 13.5. The first kappa shape index (κ1) is 28.6. The van der Waals surface area contributed by atoms with Crippen molar-refractivity contribution in [2.45, 2.75) is 32.4 Å². The molecule has 1 fully saturated rings. The number of alkyl halides is 3. The summed E-state index contributed by atoms with van der Waals surface area (Å²) in [6.07, 6.45) is -0.220. The highest BCUT2D eigenvalue weighted by Gasteiger charge is 2.42. The molecule has 1 saturated heterocycles. The van der Waals surface area contributed by atoms with Crippen molar-refractivity contribution in [3.8, 4) is 0 Å². The van der Waals surface area contributed by atoms with Gasteiger partial charge in [-0.2, -0.15) is 18.2 Å². The summed E-state index contributed by atoms with van der Waals surface area (Å²) >= 11 is 0. The number of para-hydroxylation sites is 1. The topological polar surface area (TPSA) is 91.2 Å².